The Bertz CT molecular complexity index is 706. The number of carbonyl (C=O) groups is 1. The molecule has 5 nitrogen and oxygen atoms in total. The number of hydrogen-bond donors (Lipinski definition) is 2. The predicted molar refractivity (Wildman–Crippen MR) is 82.3 cm³/mol. The molecule has 21 heavy (non-hydrogen) atoms. The van der Waals surface area contributed by atoms with Crippen molar-refractivity contribution in [1.29, 1.82) is 0 Å². The molecular formula is C15H16ClN3O2. The summed E-state index contributed by atoms with van der Waals surface area (Å²) in [5.74, 6) is -0.673. The van der Waals surface area contributed by atoms with Gasteiger partial charge in [-0.3, -0.25) is 9.78 Å². The van der Waals surface area contributed by atoms with Crippen LogP contribution in [0.25, 0.3) is 10.9 Å². The first-order chi connectivity index (χ1) is 9.99. The van der Waals surface area contributed by atoms with E-state index >= 15 is 0 Å². The summed E-state index contributed by atoms with van der Waals surface area (Å²) in [6.45, 7) is 0.960. The molecule has 1 saturated heterocycles. The number of anilines is 1. The molecule has 2 heterocycles. The van der Waals surface area contributed by atoms with E-state index in [2.05, 4.69) is 4.98 Å². The molecule has 3 rings (SSSR count). The summed E-state index contributed by atoms with van der Waals surface area (Å²) in [5, 5.41) is 11.9. The lowest BCUT2D eigenvalue weighted by molar-refractivity contribution is -0.137. The first-order valence-corrected chi connectivity index (χ1v) is 7.19. The van der Waals surface area contributed by atoms with E-state index in [9.17, 15) is 9.90 Å². The highest BCUT2D eigenvalue weighted by Crippen LogP contribution is 2.31. The zero-order chi connectivity index (χ0) is 15.0. The summed E-state index contributed by atoms with van der Waals surface area (Å²) in [6, 6.07) is 7.38. The van der Waals surface area contributed by atoms with Crippen LogP contribution in [-0.4, -0.2) is 34.7 Å². The van der Waals surface area contributed by atoms with Crippen molar-refractivity contribution in [3.8, 4) is 0 Å². The van der Waals surface area contributed by atoms with Crippen LogP contribution in [0, 0.1) is 0 Å². The molecule has 0 spiro atoms. The van der Waals surface area contributed by atoms with Gasteiger partial charge in [-0.2, -0.15) is 0 Å². The van der Waals surface area contributed by atoms with Gasteiger partial charge in [-0.25, -0.2) is 0 Å². The SMILES string of the molecule is NC(=O)[C@]1(O)CCCN(c2ccnc3cc(Cl)ccc23)C1. The Labute approximate surface area is 127 Å². The molecule has 1 fully saturated rings. The van der Waals surface area contributed by atoms with E-state index < -0.39 is 11.5 Å². The number of pyridine rings is 1. The van der Waals surface area contributed by atoms with Crippen LogP contribution >= 0.6 is 11.6 Å². The van der Waals surface area contributed by atoms with Gasteiger partial charge in [0.15, 0.2) is 5.60 Å². The third-order valence-electron chi connectivity index (χ3n) is 3.95. The molecule has 1 aliphatic rings. The third-order valence-corrected chi connectivity index (χ3v) is 4.19. The minimum absolute atomic E-state index is 0.198. The Hall–Kier alpha value is -1.85. The normalized spacial score (nSPS) is 22.5. The number of aromatic nitrogens is 1. The fraction of sp³-hybridized carbons (Fsp3) is 0.333. The lowest BCUT2D eigenvalue weighted by Gasteiger charge is -2.38. The van der Waals surface area contributed by atoms with Crippen molar-refractivity contribution in [3.05, 3.63) is 35.5 Å². The lowest BCUT2D eigenvalue weighted by Crippen LogP contribution is -2.56. The molecule has 1 aromatic heterocycles. The lowest BCUT2D eigenvalue weighted by atomic mass is 9.91. The van der Waals surface area contributed by atoms with Crippen LogP contribution in [0.5, 0.6) is 0 Å². The van der Waals surface area contributed by atoms with Gasteiger partial charge in [0.1, 0.15) is 0 Å². The van der Waals surface area contributed by atoms with Crippen LogP contribution in [0.3, 0.4) is 0 Å². The highest BCUT2D eigenvalue weighted by atomic mass is 35.5. The van der Waals surface area contributed by atoms with E-state index in [4.69, 9.17) is 17.3 Å². The molecule has 0 radical (unpaired) electrons. The maximum atomic E-state index is 11.5. The standard InChI is InChI=1S/C15H16ClN3O2/c16-10-2-3-11-12(8-10)18-6-4-13(11)19-7-1-5-15(21,9-19)14(17)20/h2-4,6,8,21H,1,5,7,9H2,(H2,17,20)/t15-/m0/s1. The highest BCUT2D eigenvalue weighted by Gasteiger charge is 2.39. The number of hydrogen-bond acceptors (Lipinski definition) is 4. The van der Waals surface area contributed by atoms with Crippen molar-refractivity contribution < 1.29 is 9.90 Å². The zero-order valence-corrected chi connectivity index (χ0v) is 12.2. The van der Waals surface area contributed by atoms with Gasteiger partial charge in [-0.15, -0.1) is 0 Å². The van der Waals surface area contributed by atoms with E-state index in [1.807, 2.05) is 17.0 Å². The zero-order valence-electron chi connectivity index (χ0n) is 11.4. The first kappa shape index (κ1) is 14.1. The summed E-state index contributed by atoms with van der Waals surface area (Å²) >= 11 is 5.99. The molecule has 3 N–H and O–H groups in total. The number of amides is 1. The number of primary amides is 1. The fourth-order valence-electron chi connectivity index (χ4n) is 2.82. The molecule has 0 bridgehead atoms. The number of halogens is 1. The molecule has 1 aromatic carbocycles. The third kappa shape index (κ3) is 2.54. The van der Waals surface area contributed by atoms with Crippen LogP contribution < -0.4 is 10.6 Å². The summed E-state index contributed by atoms with van der Waals surface area (Å²) in [5.41, 5.74) is 5.57. The van der Waals surface area contributed by atoms with E-state index in [1.165, 1.54) is 0 Å². The average molecular weight is 306 g/mol. The van der Waals surface area contributed by atoms with E-state index in [0.717, 1.165) is 23.1 Å². The Balaban J connectivity index is 2.02. The van der Waals surface area contributed by atoms with Crippen LogP contribution in [0.1, 0.15) is 12.8 Å². The topological polar surface area (TPSA) is 79.5 Å². The maximum absolute atomic E-state index is 11.5. The fourth-order valence-corrected chi connectivity index (χ4v) is 2.99. The minimum atomic E-state index is -1.47. The van der Waals surface area contributed by atoms with Gasteiger partial charge in [-0.05, 0) is 37.1 Å². The minimum Gasteiger partial charge on any atom is -0.378 e. The molecular weight excluding hydrogens is 290 g/mol. The molecule has 0 aliphatic carbocycles. The number of nitrogens with zero attached hydrogens (tertiary/aromatic N) is 2. The molecule has 1 aliphatic heterocycles. The quantitative estimate of drug-likeness (QED) is 0.885. The molecule has 0 saturated carbocycles. The molecule has 6 heteroatoms. The van der Waals surface area contributed by atoms with Crippen molar-refractivity contribution in [3.63, 3.8) is 0 Å². The molecule has 1 atom stereocenters. The summed E-state index contributed by atoms with van der Waals surface area (Å²) in [4.78, 5) is 17.8. The van der Waals surface area contributed by atoms with Crippen molar-refractivity contribution in [2.45, 2.75) is 18.4 Å². The number of β-amino-alcohol motifs (C(OH)–C–C–N with tert-alkyl or cyclic N) is 1. The Kier molecular flexibility index (Phi) is 3.47. The van der Waals surface area contributed by atoms with Crippen LogP contribution in [-0.2, 0) is 4.79 Å². The summed E-state index contributed by atoms with van der Waals surface area (Å²) < 4.78 is 0. The van der Waals surface area contributed by atoms with Gasteiger partial charge < -0.3 is 15.7 Å². The van der Waals surface area contributed by atoms with Gasteiger partial charge in [0.2, 0.25) is 0 Å². The van der Waals surface area contributed by atoms with Gasteiger partial charge in [-0.1, -0.05) is 11.6 Å². The summed E-state index contributed by atoms with van der Waals surface area (Å²) in [7, 11) is 0. The maximum Gasteiger partial charge on any atom is 0.251 e. The van der Waals surface area contributed by atoms with E-state index in [-0.39, 0.29) is 6.54 Å². The second kappa shape index (κ2) is 5.16. The number of aliphatic hydroxyl groups is 1. The molecule has 110 valence electrons. The van der Waals surface area contributed by atoms with E-state index in [0.29, 0.717) is 17.9 Å². The average Bonchev–Trinajstić information content (AvgIpc) is 2.46. The van der Waals surface area contributed by atoms with Crippen molar-refractivity contribution in [1.82, 2.24) is 4.98 Å². The second-order valence-corrected chi connectivity index (χ2v) is 5.85. The second-order valence-electron chi connectivity index (χ2n) is 5.41. The first-order valence-electron chi connectivity index (χ1n) is 6.81. The number of fused-ring (bicyclic) bond motifs is 1. The Morgan fingerprint density at radius 3 is 3.00 bits per heavy atom. The monoisotopic (exact) mass is 305 g/mol. The van der Waals surface area contributed by atoms with Crippen LogP contribution in [0.4, 0.5) is 5.69 Å². The molecule has 0 unspecified atom stereocenters. The number of piperidine rings is 1. The largest absolute Gasteiger partial charge is 0.378 e. The van der Waals surface area contributed by atoms with E-state index in [1.54, 1.807) is 18.3 Å². The highest BCUT2D eigenvalue weighted by molar-refractivity contribution is 6.31. The Morgan fingerprint density at radius 2 is 2.24 bits per heavy atom. The molecule has 2 aromatic rings. The van der Waals surface area contributed by atoms with Crippen LogP contribution in [0.2, 0.25) is 5.02 Å². The number of benzene rings is 1. The Morgan fingerprint density at radius 1 is 1.43 bits per heavy atom. The smallest absolute Gasteiger partial charge is 0.251 e. The van der Waals surface area contributed by atoms with Gasteiger partial charge in [0.25, 0.3) is 5.91 Å². The van der Waals surface area contributed by atoms with Crippen molar-refractivity contribution >= 4 is 34.1 Å². The van der Waals surface area contributed by atoms with Crippen molar-refractivity contribution in [2.24, 2.45) is 5.73 Å². The summed E-state index contributed by atoms with van der Waals surface area (Å²) in [6.07, 6.45) is 2.80. The van der Waals surface area contributed by atoms with Gasteiger partial charge >= 0.3 is 0 Å². The van der Waals surface area contributed by atoms with Crippen molar-refractivity contribution in [2.75, 3.05) is 18.0 Å². The number of nitrogens with two attached hydrogens (primary N) is 1. The van der Waals surface area contributed by atoms with Gasteiger partial charge in [0, 0.05) is 28.8 Å². The number of carbonyl (C=O) groups excluding carboxylic acids is 1. The molecule has 1 amide bonds. The predicted octanol–water partition coefficient (Wildman–Crippen LogP) is 1.70. The number of rotatable bonds is 2. The van der Waals surface area contributed by atoms with Gasteiger partial charge in [0.05, 0.1) is 12.1 Å². The van der Waals surface area contributed by atoms with Crippen LogP contribution in [0.15, 0.2) is 30.5 Å².